The van der Waals surface area contributed by atoms with Crippen molar-refractivity contribution < 1.29 is 4.74 Å². The molecule has 0 aliphatic carbocycles. The molecule has 0 aliphatic heterocycles. The number of hydrogen-bond acceptors (Lipinski definition) is 3. The first-order chi connectivity index (χ1) is 9.28. The fourth-order valence-electron chi connectivity index (χ4n) is 1.62. The first kappa shape index (κ1) is 13.4. The van der Waals surface area contributed by atoms with Gasteiger partial charge in [-0.15, -0.1) is 0 Å². The molecule has 2 aromatic carbocycles. The maximum absolute atomic E-state index is 5.93. The SMILES string of the molecule is CN/N=C/c1cccc(OCc2cccc(Cl)c2)c1. The van der Waals surface area contributed by atoms with Crippen LogP contribution in [0.15, 0.2) is 53.6 Å². The lowest BCUT2D eigenvalue weighted by Gasteiger charge is -2.07. The quantitative estimate of drug-likeness (QED) is 0.669. The largest absolute Gasteiger partial charge is 0.489 e. The summed E-state index contributed by atoms with van der Waals surface area (Å²) in [6.45, 7) is 0.493. The summed E-state index contributed by atoms with van der Waals surface area (Å²) >= 11 is 5.93. The summed E-state index contributed by atoms with van der Waals surface area (Å²) in [5.41, 5.74) is 4.74. The van der Waals surface area contributed by atoms with E-state index in [1.165, 1.54) is 0 Å². The van der Waals surface area contributed by atoms with E-state index in [0.717, 1.165) is 21.9 Å². The van der Waals surface area contributed by atoms with Gasteiger partial charge in [-0.3, -0.25) is 0 Å². The van der Waals surface area contributed by atoms with E-state index in [4.69, 9.17) is 16.3 Å². The molecule has 0 fully saturated rings. The minimum absolute atomic E-state index is 0.493. The van der Waals surface area contributed by atoms with Crippen LogP contribution in [-0.4, -0.2) is 13.3 Å². The number of hydrazone groups is 1. The van der Waals surface area contributed by atoms with Gasteiger partial charge < -0.3 is 10.2 Å². The first-order valence-corrected chi connectivity index (χ1v) is 6.33. The minimum atomic E-state index is 0.493. The number of nitrogens with one attached hydrogen (secondary N) is 1. The highest BCUT2D eigenvalue weighted by Gasteiger charge is 1.98. The van der Waals surface area contributed by atoms with Crippen molar-refractivity contribution in [1.82, 2.24) is 5.43 Å². The Morgan fingerprint density at radius 3 is 2.84 bits per heavy atom. The van der Waals surface area contributed by atoms with Crippen LogP contribution in [0.1, 0.15) is 11.1 Å². The fourth-order valence-corrected chi connectivity index (χ4v) is 1.83. The first-order valence-electron chi connectivity index (χ1n) is 5.95. The van der Waals surface area contributed by atoms with Crippen LogP contribution in [0.4, 0.5) is 0 Å². The molecule has 0 radical (unpaired) electrons. The smallest absolute Gasteiger partial charge is 0.120 e. The van der Waals surface area contributed by atoms with Crippen LogP contribution in [0.25, 0.3) is 0 Å². The molecule has 0 atom stereocenters. The van der Waals surface area contributed by atoms with Crippen molar-refractivity contribution in [2.45, 2.75) is 6.61 Å². The van der Waals surface area contributed by atoms with Gasteiger partial charge in [-0.1, -0.05) is 35.9 Å². The average Bonchev–Trinajstić information content (AvgIpc) is 2.43. The van der Waals surface area contributed by atoms with Crippen LogP contribution < -0.4 is 10.2 Å². The van der Waals surface area contributed by atoms with Gasteiger partial charge >= 0.3 is 0 Å². The summed E-state index contributed by atoms with van der Waals surface area (Å²) < 4.78 is 5.73. The lowest BCUT2D eigenvalue weighted by molar-refractivity contribution is 0.306. The van der Waals surface area contributed by atoms with Crippen LogP contribution in [-0.2, 0) is 6.61 Å². The molecule has 0 saturated heterocycles. The maximum atomic E-state index is 5.93. The highest BCUT2D eigenvalue weighted by molar-refractivity contribution is 6.30. The molecule has 0 amide bonds. The zero-order valence-corrected chi connectivity index (χ0v) is 11.4. The Morgan fingerprint density at radius 1 is 1.21 bits per heavy atom. The van der Waals surface area contributed by atoms with Crippen molar-refractivity contribution in [2.75, 3.05) is 7.05 Å². The second kappa shape index (κ2) is 6.81. The van der Waals surface area contributed by atoms with Gasteiger partial charge in [-0.25, -0.2) is 0 Å². The van der Waals surface area contributed by atoms with E-state index in [1.807, 2.05) is 48.5 Å². The molecule has 0 aliphatic rings. The van der Waals surface area contributed by atoms with Crippen LogP contribution in [0.5, 0.6) is 5.75 Å². The predicted octanol–water partition coefficient (Wildman–Crippen LogP) is 3.47. The molecule has 0 saturated carbocycles. The highest BCUT2D eigenvalue weighted by atomic mass is 35.5. The molecule has 0 heterocycles. The summed E-state index contributed by atoms with van der Waals surface area (Å²) in [5, 5.41) is 4.68. The number of hydrogen-bond donors (Lipinski definition) is 1. The van der Waals surface area contributed by atoms with Gasteiger partial charge in [0, 0.05) is 12.1 Å². The summed E-state index contributed by atoms with van der Waals surface area (Å²) in [4.78, 5) is 0. The topological polar surface area (TPSA) is 33.6 Å². The lowest BCUT2D eigenvalue weighted by atomic mass is 10.2. The van der Waals surface area contributed by atoms with E-state index in [9.17, 15) is 0 Å². The lowest BCUT2D eigenvalue weighted by Crippen LogP contribution is -1.97. The van der Waals surface area contributed by atoms with Gasteiger partial charge in [0.25, 0.3) is 0 Å². The molecule has 19 heavy (non-hydrogen) atoms. The second-order valence-corrected chi connectivity index (χ2v) is 4.41. The Labute approximate surface area is 117 Å². The van der Waals surface area contributed by atoms with E-state index >= 15 is 0 Å². The van der Waals surface area contributed by atoms with Crippen molar-refractivity contribution in [3.05, 3.63) is 64.7 Å². The normalized spacial score (nSPS) is 10.6. The standard InChI is InChI=1S/C15H15ClN2O/c1-17-18-10-12-4-3-7-15(9-12)19-11-13-5-2-6-14(16)8-13/h2-10,17H,11H2,1H3/b18-10+. The molecule has 3 nitrogen and oxygen atoms in total. The van der Waals surface area contributed by atoms with Crippen LogP contribution in [0.2, 0.25) is 5.02 Å². The Balaban J connectivity index is 2.01. The van der Waals surface area contributed by atoms with Gasteiger partial charge in [0.1, 0.15) is 12.4 Å². The maximum Gasteiger partial charge on any atom is 0.120 e. The molecule has 0 spiro atoms. The Kier molecular flexibility index (Phi) is 4.81. The molecule has 0 bridgehead atoms. The third-order valence-electron chi connectivity index (χ3n) is 2.50. The predicted molar refractivity (Wildman–Crippen MR) is 78.9 cm³/mol. The van der Waals surface area contributed by atoms with Crippen molar-refractivity contribution in [3.8, 4) is 5.75 Å². The van der Waals surface area contributed by atoms with Crippen molar-refractivity contribution >= 4 is 17.8 Å². The van der Waals surface area contributed by atoms with E-state index in [0.29, 0.717) is 6.61 Å². The monoisotopic (exact) mass is 274 g/mol. The third kappa shape index (κ3) is 4.30. The molecular weight excluding hydrogens is 260 g/mol. The minimum Gasteiger partial charge on any atom is -0.489 e. The summed E-state index contributed by atoms with van der Waals surface area (Å²) in [5.74, 6) is 0.806. The van der Waals surface area contributed by atoms with Crippen LogP contribution >= 0.6 is 11.6 Å². The van der Waals surface area contributed by atoms with E-state index < -0.39 is 0 Å². The number of nitrogens with zero attached hydrogens (tertiary/aromatic N) is 1. The Hall–Kier alpha value is -2.00. The number of benzene rings is 2. The number of rotatable bonds is 5. The average molecular weight is 275 g/mol. The zero-order chi connectivity index (χ0) is 13.5. The van der Waals surface area contributed by atoms with E-state index in [1.54, 1.807) is 13.3 Å². The summed E-state index contributed by atoms with van der Waals surface area (Å²) in [6, 6.07) is 15.4. The molecular formula is C15H15ClN2O. The number of halogens is 1. The molecule has 1 N–H and O–H groups in total. The molecule has 98 valence electrons. The molecule has 0 aromatic heterocycles. The van der Waals surface area contributed by atoms with Gasteiger partial charge in [0.2, 0.25) is 0 Å². The van der Waals surface area contributed by atoms with Gasteiger partial charge in [0.15, 0.2) is 0 Å². The molecule has 0 unspecified atom stereocenters. The van der Waals surface area contributed by atoms with Crippen LogP contribution in [0, 0.1) is 0 Å². The van der Waals surface area contributed by atoms with Gasteiger partial charge in [0.05, 0.1) is 6.21 Å². The van der Waals surface area contributed by atoms with Crippen molar-refractivity contribution in [2.24, 2.45) is 5.10 Å². The van der Waals surface area contributed by atoms with Gasteiger partial charge in [-0.05, 0) is 35.4 Å². The van der Waals surface area contributed by atoms with Crippen LogP contribution in [0.3, 0.4) is 0 Å². The Morgan fingerprint density at radius 2 is 2.05 bits per heavy atom. The highest BCUT2D eigenvalue weighted by Crippen LogP contribution is 2.16. The molecule has 2 rings (SSSR count). The van der Waals surface area contributed by atoms with E-state index in [-0.39, 0.29) is 0 Å². The van der Waals surface area contributed by atoms with Crippen molar-refractivity contribution in [3.63, 3.8) is 0 Å². The number of ether oxygens (including phenoxy) is 1. The van der Waals surface area contributed by atoms with E-state index in [2.05, 4.69) is 10.5 Å². The summed E-state index contributed by atoms with van der Waals surface area (Å²) in [7, 11) is 1.76. The second-order valence-electron chi connectivity index (χ2n) is 3.97. The zero-order valence-electron chi connectivity index (χ0n) is 10.6. The fraction of sp³-hybridized carbons (Fsp3) is 0.133. The van der Waals surface area contributed by atoms with Crippen molar-refractivity contribution in [1.29, 1.82) is 0 Å². The summed E-state index contributed by atoms with van der Waals surface area (Å²) in [6.07, 6.45) is 1.74. The third-order valence-corrected chi connectivity index (χ3v) is 2.73. The molecule has 4 heteroatoms. The Bertz CT molecular complexity index is 570. The van der Waals surface area contributed by atoms with Gasteiger partial charge in [-0.2, -0.15) is 5.10 Å². The molecule has 2 aromatic rings.